The van der Waals surface area contributed by atoms with E-state index >= 15 is 0 Å². The quantitative estimate of drug-likeness (QED) is 0.924. The van der Waals surface area contributed by atoms with Crippen LogP contribution >= 0.6 is 0 Å². The van der Waals surface area contributed by atoms with Gasteiger partial charge in [-0.15, -0.1) is 0 Å². The fourth-order valence-corrected chi connectivity index (χ4v) is 5.26. The normalized spacial score (nSPS) is 36.9. The molecule has 5 heteroatoms. The van der Waals surface area contributed by atoms with Crippen LogP contribution in [0.15, 0.2) is 12.3 Å². The highest BCUT2D eigenvalue weighted by atomic mass is 16.5. The number of methoxy groups -OCH3 is 1. The Morgan fingerprint density at radius 3 is 2.52 bits per heavy atom. The lowest BCUT2D eigenvalue weighted by Crippen LogP contribution is -2.59. The highest BCUT2D eigenvalue weighted by molar-refractivity contribution is 5.92. The molecule has 21 heavy (non-hydrogen) atoms. The molecule has 1 aromatic heterocycles. The number of nitrogens with zero attached hydrogens (tertiary/aromatic N) is 2. The standard InChI is InChI=1S/C16H23N3O2/c1-21-10-19-3-2-14(18-19)15(20)17-16-7-11-4-12(8-16)6-13(5-11)9-16/h2-3,11-13H,4-10H2,1H3,(H,17,20). The van der Waals surface area contributed by atoms with Crippen molar-refractivity contribution in [2.24, 2.45) is 17.8 Å². The highest BCUT2D eigenvalue weighted by Gasteiger charge is 2.51. The van der Waals surface area contributed by atoms with Crippen LogP contribution in [0.2, 0.25) is 0 Å². The van der Waals surface area contributed by atoms with E-state index in [9.17, 15) is 4.79 Å². The Hall–Kier alpha value is -1.36. The number of hydrogen-bond donors (Lipinski definition) is 1. The number of carbonyl (C=O) groups is 1. The molecule has 5 rings (SSSR count). The number of aromatic nitrogens is 2. The Morgan fingerprint density at radius 1 is 1.33 bits per heavy atom. The molecule has 4 aliphatic carbocycles. The summed E-state index contributed by atoms with van der Waals surface area (Å²) >= 11 is 0. The Kier molecular flexibility index (Phi) is 3.06. The van der Waals surface area contributed by atoms with Crippen LogP contribution in [0.5, 0.6) is 0 Å². The lowest BCUT2D eigenvalue weighted by atomic mass is 9.53. The molecular weight excluding hydrogens is 266 g/mol. The number of rotatable bonds is 4. The number of amides is 1. The molecule has 1 heterocycles. The molecule has 4 aliphatic rings. The Bertz CT molecular complexity index is 516. The topological polar surface area (TPSA) is 56.1 Å². The van der Waals surface area contributed by atoms with Crippen LogP contribution in [-0.2, 0) is 11.5 Å². The van der Waals surface area contributed by atoms with Crippen molar-refractivity contribution in [3.8, 4) is 0 Å². The van der Waals surface area contributed by atoms with Crippen molar-refractivity contribution >= 4 is 5.91 Å². The smallest absolute Gasteiger partial charge is 0.272 e. The van der Waals surface area contributed by atoms with E-state index in [1.165, 1.54) is 38.5 Å². The van der Waals surface area contributed by atoms with Gasteiger partial charge in [-0.2, -0.15) is 5.10 Å². The fraction of sp³-hybridized carbons (Fsp3) is 0.750. The fourth-order valence-electron chi connectivity index (χ4n) is 5.26. The summed E-state index contributed by atoms with van der Waals surface area (Å²) in [6, 6.07) is 1.77. The van der Waals surface area contributed by atoms with Gasteiger partial charge in [0.2, 0.25) is 0 Å². The van der Waals surface area contributed by atoms with E-state index in [4.69, 9.17) is 4.74 Å². The van der Waals surface area contributed by atoms with Crippen molar-refractivity contribution < 1.29 is 9.53 Å². The molecule has 4 saturated carbocycles. The Morgan fingerprint density at radius 2 is 1.95 bits per heavy atom. The third-order valence-electron chi connectivity index (χ3n) is 5.55. The van der Waals surface area contributed by atoms with E-state index in [2.05, 4.69) is 10.4 Å². The summed E-state index contributed by atoms with van der Waals surface area (Å²) in [5.41, 5.74) is 0.555. The first kappa shape index (κ1) is 13.3. The van der Waals surface area contributed by atoms with E-state index in [0.29, 0.717) is 12.4 Å². The number of hydrogen-bond acceptors (Lipinski definition) is 3. The lowest BCUT2D eigenvalue weighted by molar-refractivity contribution is -0.0168. The zero-order chi connectivity index (χ0) is 14.4. The summed E-state index contributed by atoms with van der Waals surface area (Å²) in [6.07, 6.45) is 9.46. The van der Waals surface area contributed by atoms with Gasteiger partial charge in [-0.05, 0) is 62.3 Å². The molecule has 0 saturated heterocycles. The molecule has 4 fully saturated rings. The van der Waals surface area contributed by atoms with E-state index in [-0.39, 0.29) is 11.4 Å². The monoisotopic (exact) mass is 289 g/mol. The Balaban J connectivity index is 1.48. The number of carbonyl (C=O) groups excluding carboxylic acids is 1. The summed E-state index contributed by atoms with van der Waals surface area (Å²) in [4.78, 5) is 12.5. The highest BCUT2D eigenvalue weighted by Crippen LogP contribution is 2.55. The molecule has 0 aliphatic heterocycles. The first-order valence-electron chi connectivity index (χ1n) is 8.01. The summed E-state index contributed by atoms with van der Waals surface area (Å²) < 4.78 is 6.67. The van der Waals surface area contributed by atoms with E-state index in [1.54, 1.807) is 24.1 Å². The van der Waals surface area contributed by atoms with E-state index < -0.39 is 0 Å². The third-order valence-corrected chi connectivity index (χ3v) is 5.55. The summed E-state index contributed by atoms with van der Waals surface area (Å²) in [7, 11) is 1.62. The second-order valence-electron chi connectivity index (χ2n) is 7.31. The van der Waals surface area contributed by atoms with Crippen molar-refractivity contribution in [1.29, 1.82) is 0 Å². The van der Waals surface area contributed by atoms with Crippen LogP contribution in [0.1, 0.15) is 49.0 Å². The number of nitrogens with one attached hydrogen (secondary N) is 1. The van der Waals surface area contributed by atoms with Crippen molar-refractivity contribution in [3.05, 3.63) is 18.0 Å². The summed E-state index contributed by atoms with van der Waals surface area (Å²) in [6.45, 7) is 0.380. The predicted molar refractivity (Wildman–Crippen MR) is 77.6 cm³/mol. The predicted octanol–water partition coefficient (Wildman–Crippen LogP) is 2.19. The van der Waals surface area contributed by atoms with Crippen LogP contribution < -0.4 is 5.32 Å². The van der Waals surface area contributed by atoms with Gasteiger partial charge in [0, 0.05) is 18.8 Å². The van der Waals surface area contributed by atoms with Gasteiger partial charge in [0.05, 0.1) is 0 Å². The molecule has 1 aromatic rings. The zero-order valence-corrected chi connectivity index (χ0v) is 12.5. The molecule has 4 bridgehead atoms. The molecule has 114 valence electrons. The van der Waals surface area contributed by atoms with E-state index in [1.807, 2.05) is 0 Å². The second-order valence-corrected chi connectivity index (χ2v) is 7.31. The minimum Gasteiger partial charge on any atom is -0.362 e. The van der Waals surface area contributed by atoms with Crippen molar-refractivity contribution in [1.82, 2.24) is 15.1 Å². The minimum absolute atomic E-state index is 0.0215. The van der Waals surface area contributed by atoms with Crippen molar-refractivity contribution in [2.75, 3.05) is 7.11 Å². The molecule has 0 spiro atoms. The maximum Gasteiger partial charge on any atom is 0.272 e. The van der Waals surface area contributed by atoms with Gasteiger partial charge >= 0.3 is 0 Å². The van der Waals surface area contributed by atoms with E-state index in [0.717, 1.165) is 17.8 Å². The Labute approximate surface area is 125 Å². The van der Waals surface area contributed by atoms with Crippen LogP contribution in [0.4, 0.5) is 0 Å². The average Bonchev–Trinajstić information content (AvgIpc) is 2.85. The molecule has 0 atom stereocenters. The first-order valence-corrected chi connectivity index (χ1v) is 8.01. The van der Waals surface area contributed by atoms with Gasteiger partial charge in [-0.3, -0.25) is 4.79 Å². The van der Waals surface area contributed by atoms with Crippen LogP contribution in [0, 0.1) is 17.8 Å². The third kappa shape index (κ3) is 2.37. The minimum atomic E-state index is -0.0215. The average molecular weight is 289 g/mol. The largest absolute Gasteiger partial charge is 0.362 e. The molecule has 0 aromatic carbocycles. The van der Waals surface area contributed by atoms with Crippen molar-refractivity contribution in [3.63, 3.8) is 0 Å². The molecule has 1 amide bonds. The van der Waals surface area contributed by atoms with Crippen molar-refractivity contribution in [2.45, 2.75) is 50.8 Å². The van der Waals surface area contributed by atoms with Gasteiger partial charge in [0.25, 0.3) is 5.91 Å². The molecule has 1 N–H and O–H groups in total. The molecule has 0 unspecified atom stereocenters. The molecular formula is C16H23N3O2. The van der Waals surface area contributed by atoms with Crippen LogP contribution in [0.3, 0.4) is 0 Å². The second kappa shape index (κ2) is 4.83. The number of ether oxygens (including phenoxy) is 1. The molecule has 5 nitrogen and oxygen atoms in total. The van der Waals surface area contributed by atoms with Gasteiger partial charge in [0.15, 0.2) is 0 Å². The summed E-state index contributed by atoms with van der Waals surface area (Å²) in [5, 5.41) is 7.62. The maximum absolute atomic E-state index is 12.5. The summed E-state index contributed by atoms with van der Waals surface area (Å²) in [5.74, 6) is 2.49. The van der Waals surface area contributed by atoms with Gasteiger partial charge in [-0.25, -0.2) is 4.68 Å². The maximum atomic E-state index is 12.5. The lowest BCUT2D eigenvalue weighted by Gasteiger charge is -2.56. The van der Waals surface area contributed by atoms with Gasteiger partial charge in [-0.1, -0.05) is 0 Å². The van der Waals surface area contributed by atoms with Gasteiger partial charge < -0.3 is 10.1 Å². The van der Waals surface area contributed by atoms with Gasteiger partial charge in [0.1, 0.15) is 12.4 Å². The van der Waals surface area contributed by atoms with Crippen LogP contribution in [0.25, 0.3) is 0 Å². The zero-order valence-electron chi connectivity index (χ0n) is 12.5. The van der Waals surface area contributed by atoms with Crippen LogP contribution in [-0.4, -0.2) is 28.3 Å². The SMILES string of the molecule is COCn1ccc(C(=O)NC23CC4CC(CC(C4)C2)C3)n1. The first-order chi connectivity index (χ1) is 10.2. The molecule has 0 radical (unpaired) electrons.